The van der Waals surface area contributed by atoms with E-state index in [2.05, 4.69) is 15.0 Å². The van der Waals surface area contributed by atoms with Gasteiger partial charge >= 0.3 is 5.97 Å². The number of nitrogens with one attached hydrogen (secondary N) is 1. The molecule has 1 aliphatic rings. The SMILES string of the molecule is O=C(O)C1(c2c[nH]c3ncnc(Cl)c23)CC1. The molecular weight excluding hydrogens is 230 g/mol. The molecule has 3 rings (SSSR count). The lowest BCUT2D eigenvalue weighted by Crippen LogP contribution is -2.19. The minimum Gasteiger partial charge on any atom is -0.481 e. The maximum atomic E-state index is 11.2. The number of carbonyl (C=O) groups is 1. The molecule has 2 aromatic heterocycles. The molecule has 0 spiro atoms. The van der Waals surface area contributed by atoms with Crippen molar-refractivity contribution >= 4 is 28.6 Å². The molecular formula is C10H8ClN3O2. The van der Waals surface area contributed by atoms with Crippen molar-refractivity contribution in [2.24, 2.45) is 0 Å². The molecule has 0 atom stereocenters. The fourth-order valence-corrected chi connectivity index (χ4v) is 2.26. The Bertz CT molecular complexity index is 589. The zero-order valence-electron chi connectivity index (χ0n) is 8.20. The number of aliphatic carboxylic acids is 1. The molecule has 0 aromatic carbocycles. The number of aromatic nitrogens is 3. The third kappa shape index (κ3) is 1.09. The molecule has 1 saturated carbocycles. The van der Waals surface area contributed by atoms with Crippen molar-refractivity contribution in [3.05, 3.63) is 23.2 Å². The Morgan fingerprint density at radius 3 is 2.88 bits per heavy atom. The smallest absolute Gasteiger partial charge is 0.314 e. The van der Waals surface area contributed by atoms with E-state index >= 15 is 0 Å². The highest BCUT2D eigenvalue weighted by Crippen LogP contribution is 2.51. The molecule has 0 unspecified atom stereocenters. The summed E-state index contributed by atoms with van der Waals surface area (Å²) in [7, 11) is 0. The van der Waals surface area contributed by atoms with Crippen LogP contribution < -0.4 is 0 Å². The number of rotatable bonds is 2. The van der Waals surface area contributed by atoms with Crippen molar-refractivity contribution in [3.63, 3.8) is 0 Å². The van der Waals surface area contributed by atoms with Gasteiger partial charge in [-0.25, -0.2) is 9.97 Å². The average Bonchev–Trinajstić information content (AvgIpc) is 2.94. The second-order valence-corrected chi connectivity index (χ2v) is 4.34. The van der Waals surface area contributed by atoms with Crippen molar-refractivity contribution in [1.82, 2.24) is 15.0 Å². The maximum Gasteiger partial charge on any atom is 0.314 e. The molecule has 1 aliphatic carbocycles. The number of H-pyrrole nitrogens is 1. The van der Waals surface area contributed by atoms with Crippen LogP contribution in [0.4, 0.5) is 0 Å². The maximum absolute atomic E-state index is 11.2. The molecule has 0 aliphatic heterocycles. The normalized spacial score (nSPS) is 17.6. The van der Waals surface area contributed by atoms with Crippen molar-refractivity contribution in [1.29, 1.82) is 0 Å². The fraction of sp³-hybridized carbons (Fsp3) is 0.300. The Kier molecular flexibility index (Phi) is 1.77. The second kappa shape index (κ2) is 2.95. The van der Waals surface area contributed by atoms with Crippen LogP contribution in [0.3, 0.4) is 0 Å². The molecule has 82 valence electrons. The summed E-state index contributed by atoms with van der Waals surface area (Å²) in [5.41, 5.74) is 0.496. The van der Waals surface area contributed by atoms with E-state index in [-0.39, 0.29) is 0 Å². The summed E-state index contributed by atoms with van der Waals surface area (Å²) in [6.45, 7) is 0. The van der Waals surface area contributed by atoms with Gasteiger partial charge in [0.15, 0.2) is 0 Å². The van der Waals surface area contributed by atoms with Gasteiger partial charge in [0.05, 0.1) is 10.8 Å². The Balaban J connectivity index is 2.29. The Hall–Kier alpha value is -1.62. The number of carboxylic acid groups (broad SMARTS) is 1. The quantitative estimate of drug-likeness (QED) is 0.780. The minimum absolute atomic E-state index is 0.300. The molecule has 1 fully saturated rings. The molecule has 6 heteroatoms. The predicted octanol–water partition coefficient (Wildman–Crippen LogP) is 1.73. The van der Waals surface area contributed by atoms with Crippen molar-refractivity contribution in [2.75, 3.05) is 0 Å². The molecule has 2 aromatic rings. The first-order valence-corrected chi connectivity index (χ1v) is 5.24. The van der Waals surface area contributed by atoms with Gasteiger partial charge in [-0.05, 0) is 18.4 Å². The number of aromatic amines is 1. The van der Waals surface area contributed by atoms with Crippen LogP contribution in [-0.2, 0) is 10.2 Å². The van der Waals surface area contributed by atoms with Crippen LogP contribution in [0.1, 0.15) is 18.4 Å². The van der Waals surface area contributed by atoms with E-state index in [1.807, 2.05) is 0 Å². The molecule has 0 amide bonds. The number of hydrogen-bond donors (Lipinski definition) is 2. The van der Waals surface area contributed by atoms with Crippen molar-refractivity contribution < 1.29 is 9.90 Å². The summed E-state index contributed by atoms with van der Waals surface area (Å²) in [6.07, 6.45) is 4.30. The first-order valence-electron chi connectivity index (χ1n) is 4.86. The van der Waals surface area contributed by atoms with E-state index < -0.39 is 11.4 Å². The Morgan fingerprint density at radius 1 is 1.50 bits per heavy atom. The first-order chi connectivity index (χ1) is 7.65. The summed E-state index contributed by atoms with van der Waals surface area (Å²) in [5, 5.41) is 10.2. The van der Waals surface area contributed by atoms with Gasteiger partial charge in [0.2, 0.25) is 0 Å². The molecule has 0 radical (unpaired) electrons. The highest BCUT2D eigenvalue weighted by Gasteiger charge is 2.53. The van der Waals surface area contributed by atoms with E-state index in [0.29, 0.717) is 34.6 Å². The zero-order chi connectivity index (χ0) is 11.3. The minimum atomic E-state index is -0.812. The van der Waals surface area contributed by atoms with Gasteiger partial charge in [-0.1, -0.05) is 11.6 Å². The van der Waals surface area contributed by atoms with Gasteiger partial charge in [-0.3, -0.25) is 4.79 Å². The van der Waals surface area contributed by atoms with Crippen LogP contribution in [0.15, 0.2) is 12.5 Å². The first kappa shape index (κ1) is 9.59. The van der Waals surface area contributed by atoms with Gasteiger partial charge < -0.3 is 10.1 Å². The van der Waals surface area contributed by atoms with Gasteiger partial charge in [0.25, 0.3) is 0 Å². The third-order valence-corrected chi connectivity index (χ3v) is 3.39. The standard InChI is InChI=1S/C10H8ClN3O2/c11-7-6-5(10(1-2-10)9(15)16)3-12-8(6)14-4-13-7/h3-4H,1-2H2,(H,15,16)(H,12,13,14). The molecule has 16 heavy (non-hydrogen) atoms. The number of nitrogens with zero attached hydrogens (tertiary/aromatic N) is 2. The topological polar surface area (TPSA) is 78.9 Å². The summed E-state index contributed by atoms with van der Waals surface area (Å²) in [6, 6.07) is 0. The Labute approximate surface area is 95.5 Å². The fourth-order valence-electron chi connectivity index (χ4n) is 2.03. The van der Waals surface area contributed by atoms with Crippen LogP contribution in [0.2, 0.25) is 5.15 Å². The highest BCUT2D eigenvalue weighted by molar-refractivity contribution is 6.34. The monoisotopic (exact) mass is 237 g/mol. The van der Waals surface area contributed by atoms with Crippen molar-refractivity contribution in [2.45, 2.75) is 18.3 Å². The van der Waals surface area contributed by atoms with E-state index in [1.54, 1.807) is 6.20 Å². The summed E-state index contributed by atoms with van der Waals surface area (Å²) in [5.74, 6) is -0.812. The van der Waals surface area contributed by atoms with E-state index in [4.69, 9.17) is 11.6 Å². The average molecular weight is 238 g/mol. The number of halogens is 1. The predicted molar refractivity (Wildman–Crippen MR) is 57.4 cm³/mol. The number of fused-ring (bicyclic) bond motifs is 1. The van der Waals surface area contributed by atoms with Crippen molar-refractivity contribution in [3.8, 4) is 0 Å². The van der Waals surface area contributed by atoms with E-state index in [0.717, 1.165) is 0 Å². The zero-order valence-corrected chi connectivity index (χ0v) is 8.95. The summed E-state index contributed by atoms with van der Waals surface area (Å²) >= 11 is 5.98. The van der Waals surface area contributed by atoms with Crippen LogP contribution in [0, 0.1) is 0 Å². The van der Waals surface area contributed by atoms with Crippen LogP contribution in [0.5, 0.6) is 0 Å². The second-order valence-electron chi connectivity index (χ2n) is 3.98. The van der Waals surface area contributed by atoms with E-state index in [1.165, 1.54) is 6.33 Å². The van der Waals surface area contributed by atoms with Gasteiger partial charge in [0, 0.05) is 6.20 Å². The molecule has 0 bridgehead atoms. The van der Waals surface area contributed by atoms with Crippen LogP contribution in [0.25, 0.3) is 11.0 Å². The van der Waals surface area contributed by atoms with Gasteiger partial charge in [0.1, 0.15) is 17.1 Å². The molecule has 0 saturated heterocycles. The lowest BCUT2D eigenvalue weighted by atomic mass is 9.97. The lowest BCUT2D eigenvalue weighted by molar-refractivity contribution is -0.139. The number of hydrogen-bond acceptors (Lipinski definition) is 3. The summed E-state index contributed by atoms with van der Waals surface area (Å²) < 4.78 is 0. The third-order valence-electron chi connectivity index (χ3n) is 3.10. The van der Waals surface area contributed by atoms with E-state index in [9.17, 15) is 9.90 Å². The lowest BCUT2D eigenvalue weighted by Gasteiger charge is -2.07. The molecule has 5 nitrogen and oxygen atoms in total. The van der Waals surface area contributed by atoms with Crippen LogP contribution >= 0.6 is 11.6 Å². The molecule has 2 heterocycles. The van der Waals surface area contributed by atoms with Crippen LogP contribution in [-0.4, -0.2) is 26.0 Å². The van der Waals surface area contributed by atoms with Gasteiger partial charge in [-0.15, -0.1) is 0 Å². The number of carboxylic acids is 1. The van der Waals surface area contributed by atoms with Gasteiger partial charge in [-0.2, -0.15) is 0 Å². The Morgan fingerprint density at radius 2 is 2.25 bits per heavy atom. The summed E-state index contributed by atoms with van der Waals surface area (Å²) in [4.78, 5) is 22.1. The molecule has 2 N–H and O–H groups in total. The highest BCUT2D eigenvalue weighted by atomic mass is 35.5. The largest absolute Gasteiger partial charge is 0.481 e.